The molecule has 1 saturated heterocycles. The number of carbonyl (C=O) groups is 3. The fraction of sp³-hybridized carbons (Fsp3) is 0.196. The van der Waals surface area contributed by atoms with Gasteiger partial charge in [0.2, 0.25) is 0 Å². The number of benzene rings is 7. The Morgan fingerprint density at radius 3 is 1.78 bits per heavy atom. The second-order valence-electron chi connectivity index (χ2n) is 18.3. The highest BCUT2D eigenvalue weighted by Crippen LogP contribution is 2.61. The predicted octanol–water partition coefficient (Wildman–Crippen LogP) is 11.0. The molecule has 0 bridgehead atoms. The first kappa shape index (κ1) is 43.1. The van der Waals surface area contributed by atoms with Crippen LogP contribution in [0.5, 0.6) is 28.7 Å². The van der Waals surface area contributed by atoms with Gasteiger partial charge in [0.1, 0.15) is 17.2 Å². The number of hydrogen-bond donors (Lipinski definition) is 1. The number of hydrogen-bond acceptors (Lipinski definition) is 8. The molecule has 0 aromatic heterocycles. The Kier molecular flexibility index (Phi) is 10.6. The summed E-state index contributed by atoms with van der Waals surface area (Å²) in [6.45, 7) is 6.74. The SMILES string of the molecule is COc1ccc([Si](C)(C)[C@@H]2[C@@H](CCO)O[C@]3(C(=O)N(Cc4cccc(N5C(=O)c6ccccc6Oc6ccccc65)c4)c4ccc(N5C(=O)c6ccccc6Oc6ccccc65)cc43)[C@H]2C)cc1. The van der Waals surface area contributed by atoms with Crippen molar-refractivity contribution in [2.24, 2.45) is 5.92 Å². The van der Waals surface area contributed by atoms with Crippen LogP contribution in [0.1, 0.15) is 45.2 Å². The molecule has 3 amide bonds. The van der Waals surface area contributed by atoms with Crippen molar-refractivity contribution < 1.29 is 38.4 Å². The molecule has 1 spiro atoms. The quantitative estimate of drug-likeness (QED) is 0.142. The molecule has 4 aliphatic rings. The monoisotopic (exact) mass is 919 g/mol. The molecule has 68 heavy (non-hydrogen) atoms. The third-order valence-corrected chi connectivity index (χ3v) is 18.7. The summed E-state index contributed by atoms with van der Waals surface area (Å²) in [6.07, 6.45) is -0.139. The zero-order chi connectivity index (χ0) is 46.9. The van der Waals surface area contributed by atoms with Gasteiger partial charge in [-0.15, -0.1) is 0 Å². The van der Waals surface area contributed by atoms with Crippen LogP contribution in [0.3, 0.4) is 0 Å². The molecule has 0 radical (unpaired) electrons. The van der Waals surface area contributed by atoms with Gasteiger partial charge in [-0.2, -0.15) is 0 Å². The van der Waals surface area contributed by atoms with Crippen molar-refractivity contribution in [2.45, 2.75) is 50.2 Å². The van der Waals surface area contributed by atoms with Crippen LogP contribution in [0.4, 0.5) is 28.4 Å². The fourth-order valence-electron chi connectivity index (χ4n) is 11.1. The summed E-state index contributed by atoms with van der Waals surface area (Å²) in [6, 6.07) is 50.9. The van der Waals surface area contributed by atoms with E-state index in [2.05, 4.69) is 32.2 Å². The van der Waals surface area contributed by atoms with Gasteiger partial charge in [-0.1, -0.05) is 98.0 Å². The van der Waals surface area contributed by atoms with Gasteiger partial charge in [0.25, 0.3) is 17.7 Å². The topological polar surface area (TPSA) is 118 Å². The first-order valence-corrected chi connectivity index (χ1v) is 26.0. The zero-order valence-corrected chi connectivity index (χ0v) is 39.1. The molecule has 1 fully saturated rings. The standard InChI is InChI=1S/C56H49N3O8Si/c1-35-52(68(3,4)40-27-25-39(64-2)26-28-40)51(30-31-60)67-56(35)43-33-38(59-46-19-8-12-23-50(46)66-48-21-10-6-17-42(48)54(59)62)24-29-44(43)57(55(56)63)34-36-14-13-15-37(32-36)58-45-18-7-11-22-49(45)65-47-20-9-5-16-41(47)53(58)61/h5-29,32-33,35,51-52,60H,30-31,34H2,1-4H3/t35-,51+,52-,56+/m0/s1. The smallest absolute Gasteiger partial charge is 0.266 e. The number of nitrogens with zero attached hydrogens (tertiary/aromatic N) is 3. The lowest BCUT2D eigenvalue weighted by molar-refractivity contribution is -0.146. The van der Waals surface area contributed by atoms with E-state index in [0.29, 0.717) is 74.5 Å². The number of fused-ring (bicyclic) bond motifs is 6. The highest BCUT2D eigenvalue weighted by atomic mass is 28.3. The van der Waals surface area contributed by atoms with E-state index in [1.54, 1.807) is 46.1 Å². The number of methoxy groups -OCH3 is 1. The molecule has 0 unspecified atom stereocenters. The number of carbonyl (C=O) groups excluding carboxylic acids is 3. The molecular formula is C56H49N3O8Si. The number of aliphatic hydroxyl groups is 1. The molecular weight excluding hydrogens is 871 g/mol. The lowest BCUT2D eigenvalue weighted by Crippen LogP contribution is -2.51. The molecule has 7 aromatic carbocycles. The maximum Gasteiger partial charge on any atom is 0.266 e. The van der Waals surface area contributed by atoms with Crippen LogP contribution >= 0.6 is 0 Å². The number of rotatable bonds is 9. The van der Waals surface area contributed by atoms with Crippen molar-refractivity contribution in [3.8, 4) is 28.7 Å². The first-order valence-electron chi connectivity index (χ1n) is 22.9. The van der Waals surface area contributed by atoms with Crippen molar-refractivity contribution in [1.82, 2.24) is 0 Å². The summed E-state index contributed by atoms with van der Waals surface area (Å²) in [5.41, 5.74) is 3.59. The van der Waals surface area contributed by atoms with E-state index in [0.717, 1.165) is 11.3 Å². The number of aliphatic hydroxyl groups excluding tert-OH is 1. The molecule has 1 N–H and O–H groups in total. The molecule has 11 rings (SSSR count). The van der Waals surface area contributed by atoms with Crippen LogP contribution in [0.15, 0.2) is 164 Å². The van der Waals surface area contributed by atoms with E-state index >= 15 is 4.79 Å². The zero-order valence-electron chi connectivity index (χ0n) is 38.1. The lowest BCUT2D eigenvalue weighted by Gasteiger charge is -2.37. The third kappa shape index (κ3) is 6.73. The van der Waals surface area contributed by atoms with Crippen molar-refractivity contribution in [1.29, 1.82) is 0 Å². The Hall–Kier alpha value is -7.51. The molecule has 4 heterocycles. The molecule has 4 aliphatic heterocycles. The summed E-state index contributed by atoms with van der Waals surface area (Å²) >= 11 is 0. The van der Waals surface area contributed by atoms with Crippen LogP contribution in [0.25, 0.3) is 0 Å². The third-order valence-electron chi connectivity index (χ3n) is 14.3. The number of para-hydroxylation sites is 6. The van der Waals surface area contributed by atoms with E-state index in [1.165, 1.54) is 5.19 Å². The summed E-state index contributed by atoms with van der Waals surface area (Å²) in [4.78, 5) is 50.3. The van der Waals surface area contributed by atoms with E-state index in [9.17, 15) is 14.7 Å². The molecule has 11 nitrogen and oxygen atoms in total. The summed E-state index contributed by atoms with van der Waals surface area (Å²) in [5.74, 6) is 1.60. The van der Waals surface area contributed by atoms with Gasteiger partial charge in [-0.25, -0.2) is 0 Å². The molecule has 4 atom stereocenters. The Morgan fingerprint density at radius 1 is 0.632 bits per heavy atom. The van der Waals surface area contributed by atoms with Gasteiger partial charge >= 0.3 is 0 Å². The van der Waals surface area contributed by atoms with Gasteiger partial charge in [0, 0.05) is 29.5 Å². The van der Waals surface area contributed by atoms with Gasteiger partial charge in [0.15, 0.2) is 17.1 Å². The normalized spacial score (nSPS) is 20.4. The van der Waals surface area contributed by atoms with Crippen molar-refractivity contribution in [3.63, 3.8) is 0 Å². The number of ether oxygens (including phenoxy) is 4. The minimum Gasteiger partial charge on any atom is -0.497 e. The maximum absolute atomic E-state index is 16.0. The first-order chi connectivity index (χ1) is 33.0. The van der Waals surface area contributed by atoms with Gasteiger partial charge in [0.05, 0.1) is 56.0 Å². The highest BCUT2D eigenvalue weighted by molar-refractivity contribution is 6.91. The van der Waals surface area contributed by atoms with E-state index in [1.807, 2.05) is 127 Å². The fourth-order valence-corrected chi connectivity index (χ4v) is 15.2. The molecule has 340 valence electrons. The van der Waals surface area contributed by atoms with Gasteiger partial charge < -0.3 is 29.0 Å². The Labute approximate surface area is 395 Å². The van der Waals surface area contributed by atoms with Crippen molar-refractivity contribution >= 4 is 59.4 Å². The highest BCUT2D eigenvalue weighted by Gasteiger charge is 2.66. The number of anilines is 5. The van der Waals surface area contributed by atoms with Gasteiger partial charge in [-0.3, -0.25) is 24.2 Å². The van der Waals surface area contributed by atoms with E-state index in [-0.39, 0.29) is 42.3 Å². The van der Waals surface area contributed by atoms with Crippen LogP contribution < -0.4 is 34.1 Å². The Morgan fingerprint density at radius 2 is 1.19 bits per heavy atom. The van der Waals surface area contributed by atoms with Crippen LogP contribution in [0.2, 0.25) is 18.6 Å². The summed E-state index contributed by atoms with van der Waals surface area (Å²) in [5, 5.41) is 11.8. The number of amides is 3. The van der Waals surface area contributed by atoms with E-state index in [4.69, 9.17) is 18.9 Å². The lowest BCUT2D eigenvalue weighted by atomic mass is 9.82. The second-order valence-corrected chi connectivity index (χ2v) is 23.0. The summed E-state index contributed by atoms with van der Waals surface area (Å²) in [7, 11) is -0.870. The molecule has 0 saturated carbocycles. The Balaban J connectivity index is 1.05. The average molecular weight is 920 g/mol. The second kappa shape index (κ2) is 16.7. The largest absolute Gasteiger partial charge is 0.497 e. The van der Waals surface area contributed by atoms with E-state index < -0.39 is 19.8 Å². The minimum absolute atomic E-state index is 0.119. The molecule has 12 heteroatoms. The van der Waals surface area contributed by atoms with Crippen LogP contribution in [0, 0.1) is 5.92 Å². The van der Waals surface area contributed by atoms with Crippen LogP contribution in [-0.4, -0.2) is 50.7 Å². The predicted molar refractivity (Wildman–Crippen MR) is 264 cm³/mol. The summed E-state index contributed by atoms with van der Waals surface area (Å²) < 4.78 is 25.5. The van der Waals surface area contributed by atoms with Crippen molar-refractivity contribution in [3.05, 3.63) is 186 Å². The maximum atomic E-state index is 16.0. The van der Waals surface area contributed by atoms with Crippen LogP contribution in [-0.2, 0) is 21.7 Å². The molecule has 0 aliphatic carbocycles. The minimum atomic E-state index is -2.52. The van der Waals surface area contributed by atoms with Gasteiger partial charge in [-0.05, 0) is 109 Å². The Bertz CT molecular complexity index is 3160. The average Bonchev–Trinajstić information content (AvgIpc) is 3.66. The van der Waals surface area contributed by atoms with Crippen molar-refractivity contribution in [2.75, 3.05) is 28.4 Å². The molecule has 7 aromatic rings.